The van der Waals surface area contributed by atoms with Crippen molar-refractivity contribution in [3.05, 3.63) is 66.7 Å². The third-order valence-corrected chi connectivity index (χ3v) is 3.92. The van der Waals surface area contributed by atoms with Crippen LogP contribution in [0.2, 0.25) is 0 Å². The molecule has 0 bridgehead atoms. The molecule has 3 heteroatoms. The highest BCUT2D eigenvalue weighted by molar-refractivity contribution is 6.09. The smallest absolute Gasteiger partial charge is 0.221 e. The van der Waals surface area contributed by atoms with Gasteiger partial charge in [-0.2, -0.15) is 0 Å². The molecule has 0 aliphatic carbocycles. The quantitative estimate of drug-likeness (QED) is 0.552. The lowest BCUT2D eigenvalue weighted by molar-refractivity contribution is -0.114. The summed E-state index contributed by atoms with van der Waals surface area (Å²) in [6, 6.07) is 22.0. The third-order valence-electron chi connectivity index (χ3n) is 3.92. The number of nitrogens with one attached hydrogen (secondary N) is 1. The molecule has 1 N–H and O–H groups in total. The summed E-state index contributed by atoms with van der Waals surface area (Å²) in [6.45, 7) is 1.50. The fourth-order valence-corrected chi connectivity index (χ4v) is 2.91. The lowest BCUT2D eigenvalue weighted by Crippen LogP contribution is -2.05. The summed E-state index contributed by atoms with van der Waals surface area (Å²) in [5.41, 5.74) is 4.68. The first-order valence-electron chi connectivity index (χ1n) is 7.51. The molecule has 4 rings (SSSR count). The van der Waals surface area contributed by atoms with Gasteiger partial charge in [0.25, 0.3) is 0 Å². The highest BCUT2D eigenvalue weighted by Crippen LogP contribution is 2.35. The van der Waals surface area contributed by atoms with Crippen molar-refractivity contribution in [2.75, 3.05) is 5.32 Å². The molecule has 3 aromatic carbocycles. The molecule has 1 heterocycles. The van der Waals surface area contributed by atoms with Gasteiger partial charge in [0.15, 0.2) is 0 Å². The molecule has 0 unspecified atom stereocenters. The molecule has 0 atom stereocenters. The summed E-state index contributed by atoms with van der Waals surface area (Å²) in [4.78, 5) is 11.1. The molecule has 0 radical (unpaired) electrons. The van der Waals surface area contributed by atoms with E-state index in [1.807, 2.05) is 48.5 Å². The predicted molar refractivity (Wildman–Crippen MR) is 93.5 cm³/mol. The van der Waals surface area contributed by atoms with E-state index in [1.165, 1.54) is 6.92 Å². The molecular formula is C20H15NO2. The molecule has 23 heavy (non-hydrogen) atoms. The summed E-state index contributed by atoms with van der Waals surface area (Å²) in [5.74, 6) is -0.0721. The highest BCUT2D eigenvalue weighted by Gasteiger charge is 2.11. The maximum absolute atomic E-state index is 11.1. The van der Waals surface area contributed by atoms with Crippen molar-refractivity contribution in [1.29, 1.82) is 0 Å². The molecule has 0 fully saturated rings. The van der Waals surface area contributed by atoms with E-state index >= 15 is 0 Å². The summed E-state index contributed by atoms with van der Waals surface area (Å²) in [7, 11) is 0. The van der Waals surface area contributed by atoms with Crippen LogP contribution in [0.15, 0.2) is 71.1 Å². The Hall–Kier alpha value is -3.07. The Bertz CT molecular complexity index is 1010. The average Bonchev–Trinajstić information content (AvgIpc) is 2.94. The summed E-state index contributed by atoms with van der Waals surface area (Å²) in [6.07, 6.45) is 0. The zero-order chi connectivity index (χ0) is 15.8. The van der Waals surface area contributed by atoms with Crippen LogP contribution in [0.25, 0.3) is 33.1 Å². The highest BCUT2D eigenvalue weighted by atomic mass is 16.3. The Morgan fingerprint density at radius 1 is 0.870 bits per heavy atom. The van der Waals surface area contributed by atoms with E-state index in [2.05, 4.69) is 23.5 Å². The number of furan rings is 1. The van der Waals surface area contributed by atoms with Gasteiger partial charge in [-0.3, -0.25) is 4.79 Å². The van der Waals surface area contributed by atoms with Gasteiger partial charge in [0.2, 0.25) is 5.91 Å². The Balaban J connectivity index is 1.86. The molecule has 3 nitrogen and oxygen atoms in total. The Labute approximate surface area is 133 Å². The van der Waals surface area contributed by atoms with Crippen LogP contribution in [0.3, 0.4) is 0 Å². The van der Waals surface area contributed by atoms with E-state index in [0.717, 1.165) is 38.8 Å². The van der Waals surface area contributed by atoms with Crippen molar-refractivity contribution in [2.24, 2.45) is 0 Å². The Morgan fingerprint density at radius 2 is 1.61 bits per heavy atom. The van der Waals surface area contributed by atoms with E-state index in [0.29, 0.717) is 0 Å². The molecular weight excluding hydrogens is 286 g/mol. The number of hydrogen-bond donors (Lipinski definition) is 1. The number of rotatable bonds is 2. The molecule has 0 saturated carbocycles. The number of amides is 1. The van der Waals surface area contributed by atoms with E-state index < -0.39 is 0 Å². The van der Waals surface area contributed by atoms with Gasteiger partial charge in [0.1, 0.15) is 11.2 Å². The van der Waals surface area contributed by atoms with Crippen molar-refractivity contribution in [1.82, 2.24) is 0 Å². The van der Waals surface area contributed by atoms with Gasteiger partial charge in [-0.25, -0.2) is 0 Å². The van der Waals surface area contributed by atoms with Gasteiger partial charge in [0.05, 0.1) is 0 Å². The van der Waals surface area contributed by atoms with Crippen LogP contribution in [0.4, 0.5) is 5.69 Å². The molecule has 4 aromatic rings. The van der Waals surface area contributed by atoms with Crippen LogP contribution in [-0.2, 0) is 4.79 Å². The Kier molecular flexibility index (Phi) is 3.12. The SMILES string of the molecule is CC(=O)Nc1ccc(-c2cccc3c2oc2ccccc23)cc1. The van der Waals surface area contributed by atoms with Gasteiger partial charge in [-0.15, -0.1) is 0 Å². The minimum atomic E-state index is -0.0721. The first-order chi connectivity index (χ1) is 11.2. The normalized spacial score (nSPS) is 11.0. The molecule has 0 aliphatic heterocycles. The number of benzene rings is 3. The number of carbonyl (C=O) groups is 1. The van der Waals surface area contributed by atoms with E-state index in [1.54, 1.807) is 0 Å². The van der Waals surface area contributed by atoms with E-state index in [4.69, 9.17) is 4.42 Å². The minimum absolute atomic E-state index is 0.0721. The number of carbonyl (C=O) groups excluding carboxylic acids is 1. The number of anilines is 1. The zero-order valence-electron chi connectivity index (χ0n) is 12.7. The molecule has 0 saturated heterocycles. The largest absolute Gasteiger partial charge is 0.455 e. The van der Waals surface area contributed by atoms with Gasteiger partial charge in [-0.1, -0.05) is 48.5 Å². The van der Waals surface area contributed by atoms with Crippen LogP contribution >= 0.6 is 0 Å². The summed E-state index contributed by atoms with van der Waals surface area (Å²) >= 11 is 0. The van der Waals surface area contributed by atoms with Crippen LogP contribution in [-0.4, -0.2) is 5.91 Å². The van der Waals surface area contributed by atoms with Crippen LogP contribution in [0, 0.1) is 0 Å². The monoisotopic (exact) mass is 301 g/mol. The number of para-hydroxylation sites is 2. The second-order valence-corrected chi connectivity index (χ2v) is 5.54. The van der Waals surface area contributed by atoms with Crippen molar-refractivity contribution >= 4 is 33.5 Å². The predicted octanol–water partition coefficient (Wildman–Crippen LogP) is 5.21. The molecule has 1 amide bonds. The fraction of sp³-hybridized carbons (Fsp3) is 0.0500. The van der Waals surface area contributed by atoms with Gasteiger partial charge < -0.3 is 9.73 Å². The second kappa shape index (κ2) is 5.29. The standard InChI is InChI=1S/C20H15NO2/c1-13(22)21-15-11-9-14(10-12-15)16-6-4-7-18-17-5-2-3-8-19(17)23-20(16)18/h2-12H,1H3,(H,21,22). The van der Waals surface area contributed by atoms with Crippen molar-refractivity contribution in [3.8, 4) is 11.1 Å². The first kappa shape index (κ1) is 13.6. The van der Waals surface area contributed by atoms with Gasteiger partial charge in [0, 0.05) is 28.9 Å². The third kappa shape index (κ3) is 2.36. The topological polar surface area (TPSA) is 42.2 Å². The van der Waals surface area contributed by atoms with Crippen molar-refractivity contribution in [2.45, 2.75) is 6.92 Å². The van der Waals surface area contributed by atoms with Gasteiger partial charge in [-0.05, 0) is 23.8 Å². The summed E-state index contributed by atoms with van der Waals surface area (Å²) in [5, 5.41) is 5.02. The average molecular weight is 301 g/mol. The van der Waals surface area contributed by atoms with Crippen LogP contribution < -0.4 is 5.32 Å². The first-order valence-corrected chi connectivity index (χ1v) is 7.51. The van der Waals surface area contributed by atoms with E-state index in [9.17, 15) is 4.79 Å². The Morgan fingerprint density at radius 3 is 2.39 bits per heavy atom. The summed E-state index contributed by atoms with van der Waals surface area (Å²) < 4.78 is 6.06. The maximum atomic E-state index is 11.1. The lowest BCUT2D eigenvalue weighted by Gasteiger charge is -2.05. The number of hydrogen-bond acceptors (Lipinski definition) is 2. The van der Waals surface area contributed by atoms with Crippen LogP contribution in [0.1, 0.15) is 6.92 Å². The minimum Gasteiger partial charge on any atom is -0.455 e. The lowest BCUT2D eigenvalue weighted by atomic mass is 10.0. The number of fused-ring (bicyclic) bond motifs is 3. The molecule has 1 aromatic heterocycles. The maximum Gasteiger partial charge on any atom is 0.221 e. The van der Waals surface area contributed by atoms with Crippen molar-refractivity contribution < 1.29 is 9.21 Å². The van der Waals surface area contributed by atoms with Gasteiger partial charge >= 0.3 is 0 Å². The molecule has 112 valence electrons. The fourth-order valence-electron chi connectivity index (χ4n) is 2.91. The zero-order valence-corrected chi connectivity index (χ0v) is 12.7. The van der Waals surface area contributed by atoms with E-state index in [-0.39, 0.29) is 5.91 Å². The molecule has 0 spiro atoms. The van der Waals surface area contributed by atoms with Crippen molar-refractivity contribution in [3.63, 3.8) is 0 Å². The van der Waals surface area contributed by atoms with Crippen LogP contribution in [0.5, 0.6) is 0 Å². The molecule has 0 aliphatic rings. The second-order valence-electron chi connectivity index (χ2n) is 5.54.